The molecule has 3 amide bonds. The van der Waals surface area contributed by atoms with E-state index in [-0.39, 0.29) is 17.4 Å². The van der Waals surface area contributed by atoms with Crippen LogP contribution >= 0.6 is 0 Å². The lowest BCUT2D eigenvalue weighted by Gasteiger charge is -2.33. The highest BCUT2D eigenvalue weighted by molar-refractivity contribution is 5.80. The molecule has 31 heavy (non-hydrogen) atoms. The second kappa shape index (κ2) is 9.94. The van der Waals surface area contributed by atoms with Crippen LogP contribution in [0.3, 0.4) is 0 Å². The summed E-state index contributed by atoms with van der Waals surface area (Å²) in [6, 6.07) is 4.01. The summed E-state index contributed by atoms with van der Waals surface area (Å²) < 4.78 is 31.7. The molecule has 2 N–H and O–H groups in total. The SMILES string of the molecule is CN(C)C(=O)N1CCN(Cc2cccnc2)CC2(CNC(=O)C2)C1.O=C(O)C(F)(F)F. The highest BCUT2D eigenvalue weighted by Gasteiger charge is 2.44. The first kappa shape index (κ1) is 24.4. The smallest absolute Gasteiger partial charge is 0.475 e. The van der Waals surface area contributed by atoms with Gasteiger partial charge in [-0.2, -0.15) is 13.2 Å². The van der Waals surface area contributed by atoms with E-state index in [9.17, 15) is 22.8 Å². The van der Waals surface area contributed by atoms with E-state index >= 15 is 0 Å². The summed E-state index contributed by atoms with van der Waals surface area (Å²) in [5.74, 6) is -2.68. The second-order valence-corrected chi connectivity index (χ2v) is 7.93. The zero-order chi connectivity index (χ0) is 23.2. The minimum atomic E-state index is -5.08. The number of carbonyl (C=O) groups excluding carboxylic acids is 2. The molecule has 0 saturated carbocycles. The summed E-state index contributed by atoms with van der Waals surface area (Å²) in [6.45, 7) is 4.31. The van der Waals surface area contributed by atoms with Crippen molar-refractivity contribution in [2.75, 3.05) is 46.8 Å². The average Bonchev–Trinajstić information content (AvgIpc) is 2.94. The third-order valence-corrected chi connectivity index (χ3v) is 4.99. The summed E-state index contributed by atoms with van der Waals surface area (Å²) in [5, 5.41) is 10.1. The number of nitrogens with one attached hydrogen (secondary N) is 1. The molecule has 0 radical (unpaired) electrons. The molecule has 1 aromatic rings. The highest BCUT2D eigenvalue weighted by atomic mass is 19.4. The molecule has 1 atom stereocenters. The molecule has 12 heteroatoms. The Balaban J connectivity index is 0.000000423. The number of carbonyl (C=O) groups is 3. The van der Waals surface area contributed by atoms with Crippen molar-refractivity contribution in [3.63, 3.8) is 0 Å². The van der Waals surface area contributed by atoms with Crippen molar-refractivity contribution in [1.29, 1.82) is 0 Å². The average molecular weight is 445 g/mol. The van der Waals surface area contributed by atoms with Gasteiger partial charge in [-0.25, -0.2) is 9.59 Å². The Bertz CT molecular complexity index is 790. The Morgan fingerprint density at radius 2 is 1.97 bits per heavy atom. The lowest BCUT2D eigenvalue weighted by molar-refractivity contribution is -0.192. The van der Waals surface area contributed by atoms with Crippen LogP contribution in [0.15, 0.2) is 24.5 Å². The molecule has 172 valence electrons. The van der Waals surface area contributed by atoms with Crippen molar-refractivity contribution in [2.24, 2.45) is 5.41 Å². The van der Waals surface area contributed by atoms with E-state index in [1.165, 1.54) is 0 Å². The zero-order valence-electron chi connectivity index (χ0n) is 17.4. The van der Waals surface area contributed by atoms with E-state index in [4.69, 9.17) is 9.90 Å². The van der Waals surface area contributed by atoms with E-state index < -0.39 is 12.1 Å². The number of hydrogen-bond acceptors (Lipinski definition) is 5. The number of rotatable bonds is 2. The van der Waals surface area contributed by atoms with Crippen LogP contribution in [-0.4, -0.2) is 95.7 Å². The van der Waals surface area contributed by atoms with Crippen molar-refractivity contribution in [3.05, 3.63) is 30.1 Å². The van der Waals surface area contributed by atoms with E-state index in [2.05, 4.69) is 21.3 Å². The van der Waals surface area contributed by atoms with Gasteiger partial charge in [-0.05, 0) is 11.6 Å². The fourth-order valence-electron chi connectivity index (χ4n) is 3.66. The molecule has 0 bridgehead atoms. The summed E-state index contributed by atoms with van der Waals surface area (Å²) >= 11 is 0. The Morgan fingerprint density at radius 1 is 1.29 bits per heavy atom. The lowest BCUT2D eigenvalue weighted by atomic mass is 9.86. The predicted molar refractivity (Wildman–Crippen MR) is 104 cm³/mol. The van der Waals surface area contributed by atoms with Gasteiger partial charge in [-0.15, -0.1) is 0 Å². The third-order valence-electron chi connectivity index (χ3n) is 4.99. The maximum Gasteiger partial charge on any atom is 0.490 e. The van der Waals surface area contributed by atoms with Gasteiger partial charge < -0.3 is 20.2 Å². The maximum absolute atomic E-state index is 12.5. The molecule has 3 rings (SSSR count). The van der Waals surface area contributed by atoms with Crippen molar-refractivity contribution >= 4 is 17.9 Å². The molecule has 1 spiro atoms. The van der Waals surface area contributed by atoms with Gasteiger partial charge in [0.1, 0.15) is 0 Å². The summed E-state index contributed by atoms with van der Waals surface area (Å²) in [5.41, 5.74) is 0.943. The van der Waals surface area contributed by atoms with E-state index in [0.717, 1.165) is 25.2 Å². The number of urea groups is 1. The number of alkyl halides is 3. The monoisotopic (exact) mass is 445 g/mol. The zero-order valence-corrected chi connectivity index (χ0v) is 17.4. The number of amides is 3. The number of nitrogens with zero attached hydrogens (tertiary/aromatic N) is 4. The first-order chi connectivity index (χ1) is 14.4. The number of aliphatic carboxylic acids is 1. The molecule has 2 saturated heterocycles. The van der Waals surface area contributed by atoms with Gasteiger partial charge in [-0.3, -0.25) is 14.7 Å². The summed E-state index contributed by atoms with van der Waals surface area (Å²) in [4.78, 5) is 43.2. The number of hydrogen-bond donors (Lipinski definition) is 2. The van der Waals surface area contributed by atoms with Crippen LogP contribution in [0.5, 0.6) is 0 Å². The van der Waals surface area contributed by atoms with Gasteiger partial charge in [0.25, 0.3) is 0 Å². The first-order valence-corrected chi connectivity index (χ1v) is 9.56. The van der Waals surface area contributed by atoms with E-state index in [1.807, 2.05) is 17.2 Å². The van der Waals surface area contributed by atoms with Crippen LogP contribution in [0.25, 0.3) is 0 Å². The predicted octanol–water partition coefficient (Wildman–Crippen LogP) is 1.02. The molecule has 1 aromatic heterocycles. The largest absolute Gasteiger partial charge is 0.490 e. The third kappa shape index (κ3) is 7.09. The number of carboxylic acid groups (broad SMARTS) is 1. The molecule has 1 unspecified atom stereocenters. The molecule has 2 aliphatic heterocycles. The van der Waals surface area contributed by atoms with E-state index in [0.29, 0.717) is 26.1 Å². The minimum absolute atomic E-state index is 0.0111. The molecule has 0 aliphatic carbocycles. The van der Waals surface area contributed by atoms with Crippen molar-refractivity contribution in [2.45, 2.75) is 19.1 Å². The first-order valence-electron chi connectivity index (χ1n) is 9.56. The van der Waals surface area contributed by atoms with Crippen molar-refractivity contribution < 1.29 is 32.7 Å². The molecule has 3 heterocycles. The Kier molecular flexibility index (Phi) is 7.82. The van der Waals surface area contributed by atoms with Gasteiger partial charge >= 0.3 is 18.2 Å². The van der Waals surface area contributed by atoms with Crippen LogP contribution in [-0.2, 0) is 16.1 Å². The molecule has 2 fully saturated rings. The molecular weight excluding hydrogens is 419 g/mol. The van der Waals surface area contributed by atoms with Gasteiger partial charge in [0, 0.05) is 77.6 Å². The Morgan fingerprint density at radius 3 is 2.45 bits per heavy atom. The molecule has 9 nitrogen and oxygen atoms in total. The second-order valence-electron chi connectivity index (χ2n) is 7.93. The number of halogens is 3. The maximum atomic E-state index is 12.5. The Labute approximate surface area is 177 Å². The summed E-state index contributed by atoms with van der Waals surface area (Å²) in [7, 11) is 3.54. The number of carboxylic acids is 1. The minimum Gasteiger partial charge on any atom is -0.475 e. The van der Waals surface area contributed by atoms with E-state index in [1.54, 1.807) is 25.2 Å². The molecular formula is C19H26F3N5O4. The van der Waals surface area contributed by atoms with Crippen LogP contribution < -0.4 is 5.32 Å². The van der Waals surface area contributed by atoms with Crippen LogP contribution in [0.2, 0.25) is 0 Å². The Hall–Kier alpha value is -2.89. The standard InChI is InChI=1S/C17H25N5O2.C2HF3O2/c1-20(2)16(24)22-7-6-21(10-14-4-3-5-18-9-14)12-17(13-22)8-15(23)19-11-17;3-2(4,5)1(6)7/h3-5,9H,6-8,10-13H2,1-2H3,(H,19,23);(H,6,7). The van der Waals surface area contributed by atoms with Gasteiger partial charge in [0.15, 0.2) is 0 Å². The quantitative estimate of drug-likeness (QED) is 0.704. The normalized spacial score (nSPS) is 21.7. The summed E-state index contributed by atoms with van der Waals surface area (Å²) in [6.07, 6.45) is -0.962. The fourth-order valence-corrected chi connectivity index (χ4v) is 3.66. The van der Waals surface area contributed by atoms with Gasteiger partial charge in [0.2, 0.25) is 5.91 Å². The van der Waals surface area contributed by atoms with Crippen LogP contribution in [0, 0.1) is 5.41 Å². The van der Waals surface area contributed by atoms with Gasteiger partial charge in [-0.1, -0.05) is 6.07 Å². The number of aromatic nitrogens is 1. The fraction of sp³-hybridized carbons (Fsp3) is 0.579. The molecule has 2 aliphatic rings. The van der Waals surface area contributed by atoms with Gasteiger partial charge in [0.05, 0.1) is 0 Å². The van der Waals surface area contributed by atoms with Crippen molar-refractivity contribution in [1.82, 2.24) is 25.0 Å². The highest BCUT2D eigenvalue weighted by Crippen LogP contribution is 2.31. The lowest BCUT2D eigenvalue weighted by Crippen LogP contribution is -2.47. The topological polar surface area (TPSA) is 106 Å². The molecule has 0 aromatic carbocycles. The number of pyridine rings is 1. The van der Waals surface area contributed by atoms with Crippen LogP contribution in [0.4, 0.5) is 18.0 Å². The van der Waals surface area contributed by atoms with Crippen LogP contribution in [0.1, 0.15) is 12.0 Å². The van der Waals surface area contributed by atoms with Crippen molar-refractivity contribution in [3.8, 4) is 0 Å².